The van der Waals surface area contributed by atoms with E-state index < -0.39 is 10.0 Å². The van der Waals surface area contributed by atoms with Crippen LogP contribution in [0.15, 0.2) is 47.4 Å². The molecule has 29 heavy (non-hydrogen) atoms. The lowest BCUT2D eigenvalue weighted by Crippen LogP contribution is -2.46. The number of nitrogens with one attached hydrogen (secondary N) is 1. The number of piperazine rings is 1. The van der Waals surface area contributed by atoms with Crippen molar-refractivity contribution in [3.8, 4) is 11.5 Å². The zero-order chi connectivity index (χ0) is 20.3. The Balaban J connectivity index is 1.57. The number of rotatable bonds is 5. The van der Waals surface area contributed by atoms with Crippen molar-refractivity contribution in [2.45, 2.75) is 18.2 Å². The average molecular weight is 418 g/mol. The first-order valence-corrected chi connectivity index (χ1v) is 11.5. The molecule has 7 nitrogen and oxygen atoms in total. The minimum Gasteiger partial charge on any atom is -0.490 e. The normalized spacial score (nSPS) is 17.6. The van der Waals surface area contributed by atoms with Crippen LogP contribution in [0.3, 0.4) is 0 Å². The third-order valence-corrected chi connectivity index (χ3v) is 6.70. The molecule has 0 unspecified atom stereocenters. The quantitative estimate of drug-likeness (QED) is 0.807. The number of hydrogen-bond acceptors (Lipinski definition) is 6. The van der Waals surface area contributed by atoms with Gasteiger partial charge >= 0.3 is 0 Å². The molecule has 0 amide bonds. The maximum Gasteiger partial charge on any atom is 0.262 e. The van der Waals surface area contributed by atoms with Gasteiger partial charge in [0.1, 0.15) is 0 Å². The predicted molar refractivity (Wildman–Crippen MR) is 114 cm³/mol. The van der Waals surface area contributed by atoms with Gasteiger partial charge in [-0.1, -0.05) is 19.1 Å². The summed E-state index contributed by atoms with van der Waals surface area (Å²) in [4.78, 5) is 4.78. The van der Waals surface area contributed by atoms with Gasteiger partial charge in [-0.2, -0.15) is 0 Å². The molecular weight excluding hydrogens is 390 g/mol. The minimum atomic E-state index is -3.76. The van der Waals surface area contributed by atoms with E-state index in [2.05, 4.69) is 21.4 Å². The molecule has 1 saturated heterocycles. The first-order valence-electron chi connectivity index (χ1n) is 10.1. The summed E-state index contributed by atoms with van der Waals surface area (Å²) in [6.45, 7) is 7.96. The third kappa shape index (κ3) is 4.43. The monoisotopic (exact) mass is 417 g/mol. The first kappa shape index (κ1) is 19.8. The van der Waals surface area contributed by atoms with E-state index in [4.69, 9.17) is 9.47 Å². The number of hydrogen-bond donors (Lipinski definition) is 1. The first-order chi connectivity index (χ1) is 14.1. The Hall–Kier alpha value is -2.45. The number of likely N-dealkylation sites (N-methyl/N-ethyl adjacent to an activating group) is 1. The van der Waals surface area contributed by atoms with Crippen LogP contribution in [0.4, 0.5) is 11.4 Å². The van der Waals surface area contributed by atoms with Crippen molar-refractivity contribution in [3.63, 3.8) is 0 Å². The van der Waals surface area contributed by atoms with Crippen molar-refractivity contribution in [1.29, 1.82) is 0 Å². The number of para-hydroxylation sites is 2. The SMILES string of the molecule is CCN1CCN(c2ccccc2NS(=O)(=O)c2ccc3c(c2)OCCCO3)CC1. The molecule has 4 rings (SSSR count). The lowest BCUT2D eigenvalue weighted by Gasteiger charge is -2.36. The molecular formula is C21H27N3O4S. The average Bonchev–Trinajstić information content (AvgIpc) is 2.99. The second kappa shape index (κ2) is 8.51. The summed E-state index contributed by atoms with van der Waals surface area (Å²) in [7, 11) is -3.76. The number of fused-ring (bicyclic) bond motifs is 1. The zero-order valence-electron chi connectivity index (χ0n) is 16.6. The molecule has 2 aromatic rings. The maximum absolute atomic E-state index is 13.1. The molecule has 2 aliphatic rings. The molecule has 8 heteroatoms. The Bertz CT molecular complexity index is 956. The van der Waals surface area contributed by atoms with Crippen LogP contribution in [-0.2, 0) is 10.0 Å². The van der Waals surface area contributed by atoms with E-state index in [1.54, 1.807) is 12.1 Å². The van der Waals surface area contributed by atoms with Crippen LogP contribution in [0.2, 0.25) is 0 Å². The Morgan fingerprint density at radius 1 is 0.966 bits per heavy atom. The van der Waals surface area contributed by atoms with Gasteiger partial charge in [0.05, 0.1) is 29.5 Å². The topological polar surface area (TPSA) is 71.1 Å². The number of nitrogens with zero attached hydrogens (tertiary/aromatic N) is 2. The summed E-state index contributed by atoms with van der Waals surface area (Å²) in [5, 5.41) is 0. The highest BCUT2D eigenvalue weighted by atomic mass is 32.2. The third-order valence-electron chi connectivity index (χ3n) is 5.34. The molecule has 2 aliphatic heterocycles. The highest BCUT2D eigenvalue weighted by molar-refractivity contribution is 7.92. The fourth-order valence-corrected chi connectivity index (χ4v) is 4.74. The molecule has 0 aliphatic carbocycles. The molecule has 0 radical (unpaired) electrons. The standard InChI is InChI=1S/C21H27N3O4S/c1-2-23-10-12-24(13-11-23)19-7-4-3-6-18(19)22-29(25,26)17-8-9-20-21(16-17)28-15-5-14-27-20/h3-4,6-9,16,22H,2,5,10-15H2,1H3. The number of sulfonamides is 1. The van der Waals surface area contributed by atoms with Crippen molar-refractivity contribution >= 4 is 21.4 Å². The molecule has 2 aromatic carbocycles. The van der Waals surface area contributed by atoms with Crippen molar-refractivity contribution < 1.29 is 17.9 Å². The van der Waals surface area contributed by atoms with E-state index >= 15 is 0 Å². The number of anilines is 2. The lowest BCUT2D eigenvalue weighted by atomic mass is 10.2. The van der Waals surface area contributed by atoms with Crippen LogP contribution in [0.25, 0.3) is 0 Å². The smallest absolute Gasteiger partial charge is 0.262 e. The van der Waals surface area contributed by atoms with Gasteiger partial charge in [-0.05, 0) is 30.8 Å². The molecule has 2 heterocycles. The highest BCUT2D eigenvalue weighted by Gasteiger charge is 2.23. The van der Waals surface area contributed by atoms with E-state index in [9.17, 15) is 8.42 Å². The van der Waals surface area contributed by atoms with Crippen LogP contribution < -0.4 is 19.1 Å². The van der Waals surface area contributed by atoms with Gasteiger partial charge in [0.2, 0.25) is 0 Å². The van der Waals surface area contributed by atoms with Gasteiger partial charge in [0.25, 0.3) is 10.0 Å². The Morgan fingerprint density at radius 2 is 1.69 bits per heavy atom. The largest absolute Gasteiger partial charge is 0.490 e. The van der Waals surface area contributed by atoms with Gasteiger partial charge in [-0.25, -0.2) is 8.42 Å². The highest BCUT2D eigenvalue weighted by Crippen LogP contribution is 2.34. The maximum atomic E-state index is 13.1. The van der Waals surface area contributed by atoms with Crippen molar-refractivity contribution in [1.82, 2.24) is 4.90 Å². The Labute approximate surface area is 172 Å². The summed E-state index contributed by atoms with van der Waals surface area (Å²) in [6.07, 6.45) is 0.772. The number of benzene rings is 2. The van der Waals surface area contributed by atoms with Gasteiger partial charge < -0.3 is 19.3 Å². The van der Waals surface area contributed by atoms with Crippen molar-refractivity contribution in [2.24, 2.45) is 0 Å². The fraction of sp³-hybridized carbons (Fsp3) is 0.429. The summed E-state index contributed by atoms with van der Waals surface area (Å²) in [5.74, 6) is 1.05. The van der Waals surface area contributed by atoms with Crippen molar-refractivity contribution in [3.05, 3.63) is 42.5 Å². The van der Waals surface area contributed by atoms with Crippen LogP contribution >= 0.6 is 0 Å². The van der Waals surface area contributed by atoms with Gasteiger partial charge in [-0.15, -0.1) is 0 Å². The van der Waals surface area contributed by atoms with Crippen LogP contribution in [-0.4, -0.2) is 59.3 Å². The van der Waals surface area contributed by atoms with Gasteiger partial charge in [-0.3, -0.25) is 4.72 Å². The molecule has 156 valence electrons. The second-order valence-electron chi connectivity index (χ2n) is 7.20. The molecule has 1 N–H and O–H groups in total. The summed E-state index contributed by atoms with van der Waals surface area (Å²) in [6, 6.07) is 12.3. The summed E-state index contributed by atoms with van der Waals surface area (Å²) >= 11 is 0. The number of ether oxygens (including phenoxy) is 2. The predicted octanol–water partition coefficient (Wildman–Crippen LogP) is 2.79. The zero-order valence-corrected chi connectivity index (χ0v) is 17.5. The van der Waals surface area contributed by atoms with E-state index in [0.29, 0.717) is 30.4 Å². The molecule has 0 bridgehead atoms. The van der Waals surface area contributed by atoms with Crippen LogP contribution in [0, 0.1) is 0 Å². The summed E-state index contributed by atoms with van der Waals surface area (Å²) in [5.41, 5.74) is 1.49. The summed E-state index contributed by atoms with van der Waals surface area (Å²) < 4.78 is 40.2. The fourth-order valence-electron chi connectivity index (χ4n) is 3.66. The van der Waals surface area contributed by atoms with Gasteiger partial charge in [0, 0.05) is 38.7 Å². The van der Waals surface area contributed by atoms with E-state index in [0.717, 1.165) is 44.8 Å². The minimum absolute atomic E-state index is 0.160. The molecule has 1 fully saturated rings. The molecule has 0 atom stereocenters. The van der Waals surface area contributed by atoms with Crippen molar-refractivity contribution in [2.75, 3.05) is 55.6 Å². The second-order valence-corrected chi connectivity index (χ2v) is 8.89. The molecule has 0 aromatic heterocycles. The molecule has 0 saturated carbocycles. The Morgan fingerprint density at radius 3 is 2.45 bits per heavy atom. The van der Waals surface area contributed by atoms with E-state index in [1.165, 1.54) is 6.07 Å². The molecule has 0 spiro atoms. The van der Waals surface area contributed by atoms with Crippen LogP contribution in [0.1, 0.15) is 13.3 Å². The Kier molecular flexibility index (Phi) is 5.82. The van der Waals surface area contributed by atoms with E-state index in [1.807, 2.05) is 24.3 Å². The van der Waals surface area contributed by atoms with E-state index in [-0.39, 0.29) is 4.90 Å². The van der Waals surface area contributed by atoms with Crippen LogP contribution in [0.5, 0.6) is 11.5 Å². The van der Waals surface area contributed by atoms with Gasteiger partial charge in [0.15, 0.2) is 11.5 Å². The lowest BCUT2D eigenvalue weighted by molar-refractivity contribution is 0.271.